The molecule has 1 aliphatic carbocycles. The van der Waals surface area contributed by atoms with Crippen LogP contribution in [0.2, 0.25) is 0 Å². The van der Waals surface area contributed by atoms with Crippen LogP contribution in [0.25, 0.3) is 0 Å². The monoisotopic (exact) mass is 429 g/mol. The highest BCUT2D eigenvalue weighted by Gasteiger charge is 2.61. The molecule has 0 spiro atoms. The fourth-order valence-corrected chi connectivity index (χ4v) is 3.68. The van der Waals surface area contributed by atoms with Gasteiger partial charge in [0.1, 0.15) is 19.2 Å². The van der Waals surface area contributed by atoms with E-state index < -0.39 is 18.0 Å². The van der Waals surface area contributed by atoms with Gasteiger partial charge in [-0.2, -0.15) is 0 Å². The summed E-state index contributed by atoms with van der Waals surface area (Å²) in [5, 5.41) is 5.05. The van der Waals surface area contributed by atoms with Crippen molar-refractivity contribution in [3.63, 3.8) is 0 Å². The lowest BCUT2D eigenvalue weighted by molar-refractivity contribution is -0.143. The van der Waals surface area contributed by atoms with Crippen LogP contribution in [0.5, 0.6) is 0 Å². The minimum Gasteiger partial charge on any atom is -0.469 e. The second-order valence-electron chi connectivity index (χ2n) is 7.91. The second kappa shape index (κ2) is 9.63. The van der Waals surface area contributed by atoms with Gasteiger partial charge in [0.15, 0.2) is 0 Å². The van der Waals surface area contributed by atoms with E-state index >= 15 is 0 Å². The summed E-state index contributed by atoms with van der Waals surface area (Å²) in [6.45, 7) is 3.39. The lowest BCUT2D eigenvalue weighted by atomic mass is 10.0. The van der Waals surface area contributed by atoms with Gasteiger partial charge in [-0.25, -0.2) is 4.79 Å². The molecule has 2 N–H and O–H groups in total. The van der Waals surface area contributed by atoms with Crippen molar-refractivity contribution in [3.05, 3.63) is 48.2 Å². The first kappa shape index (κ1) is 22.3. The number of fused-ring (bicyclic) bond motifs is 1. The number of nitrogens with one attached hydrogen (secondary N) is 2. The Morgan fingerprint density at radius 1 is 1.13 bits per heavy atom. The molecule has 1 fully saturated rings. The van der Waals surface area contributed by atoms with Gasteiger partial charge in [-0.05, 0) is 11.5 Å². The molecule has 1 heterocycles. The third kappa shape index (κ3) is 5.22. The van der Waals surface area contributed by atoms with Gasteiger partial charge in [0, 0.05) is 12.1 Å². The van der Waals surface area contributed by atoms with Gasteiger partial charge < -0.3 is 25.0 Å². The summed E-state index contributed by atoms with van der Waals surface area (Å²) >= 11 is 0. The van der Waals surface area contributed by atoms with Crippen molar-refractivity contribution in [3.8, 4) is 0 Å². The zero-order valence-corrected chi connectivity index (χ0v) is 17.7. The van der Waals surface area contributed by atoms with E-state index in [-0.39, 0.29) is 48.8 Å². The number of hydrogen-bond acceptors (Lipinski definition) is 6. The van der Waals surface area contributed by atoms with Crippen LogP contribution in [-0.2, 0) is 30.5 Å². The predicted molar refractivity (Wildman–Crippen MR) is 110 cm³/mol. The van der Waals surface area contributed by atoms with Gasteiger partial charge >= 0.3 is 12.1 Å². The molecule has 3 rings (SSSR count). The van der Waals surface area contributed by atoms with Crippen LogP contribution in [0.4, 0.5) is 4.79 Å². The Bertz CT molecular complexity index is 869. The zero-order chi connectivity index (χ0) is 22.5. The Hall–Kier alpha value is -3.36. The van der Waals surface area contributed by atoms with Crippen molar-refractivity contribution in [2.75, 3.05) is 13.7 Å². The smallest absolute Gasteiger partial charge is 0.407 e. The maximum atomic E-state index is 13.0. The van der Waals surface area contributed by atoms with Crippen molar-refractivity contribution >= 4 is 23.9 Å². The molecular weight excluding hydrogens is 402 g/mol. The molecule has 166 valence electrons. The first-order chi connectivity index (χ1) is 14.8. The van der Waals surface area contributed by atoms with Crippen molar-refractivity contribution in [2.45, 2.75) is 32.5 Å². The number of rotatable bonds is 8. The minimum absolute atomic E-state index is 0.0408. The van der Waals surface area contributed by atoms with Crippen molar-refractivity contribution in [1.82, 2.24) is 15.5 Å². The summed E-state index contributed by atoms with van der Waals surface area (Å²) in [5.41, 5.74) is 0.829. The fraction of sp³-hybridized carbons (Fsp3) is 0.455. The summed E-state index contributed by atoms with van der Waals surface area (Å²) in [4.78, 5) is 50.5. The summed E-state index contributed by atoms with van der Waals surface area (Å²) < 4.78 is 9.85. The second-order valence-corrected chi connectivity index (χ2v) is 7.91. The van der Waals surface area contributed by atoms with Gasteiger partial charge in [0.2, 0.25) is 11.8 Å². The minimum atomic E-state index is -0.795. The summed E-state index contributed by atoms with van der Waals surface area (Å²) in [5.74, 6) is -1.75. The third-order valence-electron chi connectivity index (χ3n) is 5.41. The SMILES string of the molecule is COC(=O)[C@H]1[C@@H]2C=CN(C(=O)[C@@H](NC(=O)CNC(=O)OCc3ccccc3)C(C)C)[C@@H]21. The summed E-state index contributed by atoms with van der Waals surface area (Å²) in [7, 11) is 1.32. The van der Waals surface area contributed by atoms with E-state index in [4.69, 9.17) is 9.47 Å². The number of nitrogens with zero attached hydrogens (tertiary/aromatic N) is 1. The molecule has 31 heavy (non-hydrogen) atoms. The molecule has 0 bridgehead atoms. The van der Waals surface area contributed by atoms with Gasteiger partial charge in [-0.1, -0.05) is 50.3 Å². The summed E-state index contributed by atoms with van der Waals surface area (Å²) in [6.07, 6.45) is 2.74. The molecule has 0 unspecified atom stereocenters. The Kier molecular flexibility index (Phi) is 6.94. The molecule has 1 aliphatic heterocycles. The van der Waals surface area contributed by atoms with Crippen LogP contribution in [0, 0.1) is 17.8 Å². The molecule has 1 aromatic rings. The van der Waals surface area contributed by atoms with Crippen LogP contribution in [0.15, 0.2) is 42.6 Å². The molecule has 1 saturated carbocycles. The number of carbonyl (C=O) groups excluding carboxylic acids is 4. The Labute approximate surface area is 180 Å². The molecule has 3 amide bonds. The van der Waals surface area contributed by atoms with E-state index in [0.29, 0.717) is 0 Å². The van der Waals surface area contributed by atoms with E-state index in [1.165, 1.54) is 12.0 Å². The van der Waals surface area contributed by atoms with E-state index in [0.717, 1.165) is 5.56 Å². The van der Waals surface area contributed by atoms with Crippen molar-refractivity contribution in [2.24, 2.45) is 17.8 Å². The lowest BCUT2D eigenvalue weighted by Crippen LogP contribution is -2.52. The average molecular weight is 429 g/mol. The first-order valence-electron chi connectivity index (χ1n) is 10.2. The molecule has 9 nitrogen and oxygen atoms in total. The van der Waals surface area contributed by atoms with Crippen LogP contribution >= 0.6 is 0 Å². The number of alkyl carbamates (subject to hydrolysis) is 1. The van der Waals surface area contributed by atoms with Crippen LogP contribution in [-0.4, -0.2) is 54.5 Å². The standard InChI is InChI=1S/C22H27N3O6/c1-13(2)18(20(27)25-10-9-15-17(19(15)25)21(28)30-3)24-16(26)11-23-22(29)31-12-14-7-5-4-6-8-14/h4-10,13,15,17-19H,11-12H2,1-3H3,(H,23,29)(H,24,26)/t15-,17-,18-,19-/m0/s1. The number of methoxy groups -OCH3 is 1. The maximum Gasteiger partial charge on any atom is 0.407 e. The maximum absolute atomic E-state index is 13.0. The molecule has 0 aromatic heterocycles. The van der Waals surface area contributed by atoms with Gasteiger partial charge in [0.05, 0.1) is 19.1 Å². The lowest BCUT2D eigenvalue weighted by Gasteiger charge is -2.27. The third-order valence-corrected chi connectivity index (χ3v) is 5.41. The Balaban J connectivity index is 1.48. The quantitative estimate of drug-likeness (QED) is 0.600. The van der Waals surface area contributed by atoms with Crippen LogP contribution in [0.3, 0.4) is 0 Å². The number of carbonyl (C=O) groups is 4. The molecule has 0 saturated heterocycles. The number of esters is 1. The van der Waals surface area contributed by atoms with Gasteiger partial charge in [0.25, 0.3) is 0 Å². The summed E-state index contributed by atoms with van der Waals surface area (Å²) in [6, 6.07) is 8.11. The highest BCUT2D eigenvalue weighted by Crippen LogP contribution is 2.49. The zero-order valence-electron chi connectivity index (χ0n) is 17.7. The number of benzene rings is 1. The van der Waals surface area contributed by atoms with Crippen LogP contribution in [0.1, 0.15) is 19.4 Å². The molecule has 1 aromatic carbocycles. The Morgan fingerprint density at radius 3 is 2.48 bits per heavy atom. The first-order valence-corrected chi connectivity index (χ1v) is 10.2. The topological polar surface area (TPSA) is 114 Å². The van der Waals surface area contributed by atoms with E-state index in [2.05, 4.69) is 10.6 Å². The van der Waals surface area contributed by atoms with Gasteiger partial charge in [-0.15, -0.1) is 0 Å². The Morgan fingerprint density at radius 2 is 1.84 bits per heavy atom. The number of ether oxygens (including phenoxy) is 2. The van der Waals surface area contributed by atoms with Crippen molar-refractivity contribution < 1.29 is 28.7 Å². The largest absolute Gasteiger partial charge is 0.469 e. The van der Waals surface area contributed by atoms with E-state index in [1.807, 2.05) is 50.3 Å². The predicted octanol–water partition coefficient (Wildman–Crippen LogP) is 1.20. The number of hydrogen-bond donors (Lipinski definition) is 2. The highest BCUT2D eigenvalue weighted by molar-refractivity contribution is 5.92. The average Bonchev–Trinajstić information content (AvgIpc) is 3.32. The van der Waals surface area contributed by atoms with Crippen LogP contribution < -0.4 is 10.6 Å². The normalized spacial score (nSPS) is 21.8. The molecule has 2 aliphatic rings. The molecule has 4 atom stereocenters. The molecule has 0 radical (unpaired) electrons. The van der Waals surface area contributed by atoms with E-state index in [1.54, 1.807) is 6.20 Å². The fourth-order valence-electron chi connectivity index (χ4n) is 3.68. The molecule has 9 heteroatoms. The van der Waals surface area contributed by atoms with Gasteiger partial charge in [-0.3, -0.25) is 14.4 Å². The van der Waals surface area contributed by atoms with E-state index in [9.17, 15) is 19.2 Å². The number of amides is 3. The molecular formula is C22H27N3O6. The highest BCUT2D eigenvalue weighted by atomic mass is 16.5. The van der Waals surface area contributed by atoms with Crippen molar-refractivity contribution in [1.29, 1.82) is 0 Å².